The molecule has 0 unspecified atom stereocenters. The minimum Gasteiger partial charge on any atom is -1.00 e. The predicted molar refractivity (Wildman–Crippen MR) is 326 cm³/mol. The van der Waals surface area contributed by atoms with Crippen LogP contribution in [0.2, 0.25) is 0 Å². The van der Waals surface area contributed by atoms with Crippen LogP contribution < -0.4 is 43.8 Å². The van der Waals surface area contributed by atoms with Crippen LogP contribution in [0.15, 0.2) is 189 Å². The van der Waals surface area contributed by atoms with Gasteiger partial charge in [0, 0.05) is 23.8 Å². The largest absolute Gasteiger partial charge is 2.00 e. The Hall–Kier alpha value is -6.15. The van der Waals surface area contributed by atoms with Gasteiger partial charge in [-0.3, -0.25) is 0 Å². The van der Waals surface area contributed by atoms with Crippen molar-refractivity contribution in [3.63, 3.8) is 0 Å². The molecule has 77 heavy (non-hydrogen) atoms. The van der Waals surface area contributed by atoms with E-state index in [1.807, 2.05) is 36.4 Å². The van der Waals surface area contributed by atoms with E-state index in [9.17, 15) is 0 Å². The number of halogens is 2. The van der Waals surface area contributed by atoms with Crippen LogP contribution in [0.3, 0.4) is 0 Å². The van der Waals surface area contributed by atoms with Crippen LogP contribution in [-0.4, -0.2) is 34.3 Å². The van der Waals surface area contributed by atoms with Crippen molar-refractivity contribution in [3.8, 4) is 22.5 Å². The molecule has 1 aliphatic heterocycles. The number of benzene rings is 8. The summed E-state index contributed by atoms with van der Waals surface area (Å²) in [6, 6.07) is 58.0. The van der Waals surface area contributed by atoms with Crippen molar-refractivity contribution in [3.05, 3.63) is 278 Å². The Balaban J connectivity index is 0.000000350. The fourth-order valence-corrected chi connectivity index (χ4v) is 10.1. The number of nitrogens with zero attached hydrogens (tertiary/aromatic N) is 4. The molecule has 0 bridgehead atoms. The molecule has 398 valence electrons. The fourth-order valence-electron chi connectivity index (χ4n) is 10.1. The van der Waals surface area contributed by atoms with Gasteiger partial charge in [-0.2, -0.15) is 36.4 Å². The molecule has 8 aromatic carbocycles. The van der Waals surface area contributed by atoms with Gasteiger partial charge in [-0.05, 0) is 159 Å². The second-order valence-electron chi connectivity index (χ2n) is 20.1. The zero-order chi connectivity index (χ0) is 52.8. The van der Waals surface area contributed by atoms with Gasteiger partial charge in [0.15, 0.2) is 0 Å². The average Bonchev–Trinajstić information content (AvgIpc) is 4.01. The fraction of sp³-hybridized carbons (Fsp3) is 0.243. The van der Waals surface area contributed by atoms with Crippen LogP contribution in [0.25, 0.3) is 22.5 Å². The minimum absolute atomic E-state index is 0. The van der Waals surface area contributed by atoms with Crippen LogP contribution in [-0.2, 0) is 0 Å². The van der Waals surface area contributed by atoms with Gasteiger partial charge in [0.1, 0.15) is 23.8 Å². The Morgan fingerprint density at radius 1 is 0.390 bits per heavy atom. The van der Waals surface area contributed by atoms with Gasteiger partial charge in [-0.15, -0.1) is 0 Å². The molecule has 0 N–H and O–H groups in total. The third kappa shape index (κ3) is 19.1. The molecule has 9 aromatic rings. The van der Waals surface area contributed by atoms with Gasteiger partial charge in [-0.1, -0.05) is 174 Å². The Labute approximate surface area is 497 Å². The van der Waals surface area contributed by atoms with Crippen molar-refractivity contribution in [1.82, 2.24) is 4.57 Å². The Morgan fingerprint density at radius 2 is 0.714 bits per heavy atom. The van der Waals surface area contributed by atoms with Crippen molar-refractivity contribution in [2.75, 3.05) is 16.5 Å². The van der Waals surface area contributed by atoms with E-state index in [1.54, 1.807) is 0 Å². The van der Waals surface area contributed by atoms with Crippen molar-refractivity contribution >= 4 is 34.4 Å². The number of imidazole rings is 1. The molecule has 0 atom stereocenters. The van der Waals surface area contributed by atoms with Gasteiger partial charge < -0.3 is 39.2 Å². The van der Waals surface area contributed by atoms with Crippen LogP contribution in [0.5, 0.6) is 0 Å². The SMILES string of the molecule is C.Cc1cc(C)c(-n2cc[n+](-c3c(C)cc(C)cc3C)c2)c(C)c1.Cc1cc(C)c(N2C=CN(c3c(C)cc(C)cc3C)C2)c(C)c1.Cc1ccc(-c2ccccc2)cc1.Cc1ccc(C)cc1.[Br-].[Cl-].[Mg+2].[c-]1ccccc1. The molecule has 10 rings (SSSR count). The molecular formula is C70H82BrClMgN4. The Bertz CT molecular complexity index is 2970. The molecule has 7 heteroatoms. The second kappa shape index (κ2) is 31.9. The van der Waals surface area contributed by atoms with Crippen molar-refractivity contribution in [2.45, 2.75) is 111 Å². The second-order valence-corrected chi connectivity index (χ2v) is 20.1. The molecule has 4 nitrogen and oxygen atoms in total. The first-order valence-corrected chi connectivity index (χ1v) is 25.6. The summed E-state index contributed by atoms with van der Waals surface area (Å²) in [6.07, 6.45) is 10.9. The molecule has 0 aliphatic carbocycles. The number of aromatic nitrogens is 2. The Kier molecular flexibility index (Phi) is 27.8. The maximum absolute atomic E-state index is 2.89. The van der Waals surface area contributed by atoms with E-state index in [0.29, 0.717) is 0 Å². The molecule has 0 saturated heterocycles. The zero-order valence-corrected chi connectivity index (χ0v) is 51.6. The molecule has 2 heterocycles. The third-order valence-corrected chi connectivity index (χ3v) is 13.0. The van der Waals surface area contributed by atoms with Gasteiger partial charge >= 0.3 is 23.1 Å². The maximum Gasteiger partial charge on any atom is 2.00 e. The van der Waals surface area contributed by atoms with Crippen LogP contribution in [0.1, 0.15) is 90.9 Å². The monoisotopic (exact) mass is 1120 g/mol. The molecule has 1 aromatic heterocycles. The van der Waals surface area contributed by atoms with E-state index in [2.05, 4.69) is 281 Å². The molecule has 1 aliphatic rings. The standard InChI is InChI=1S/C21H26N2.C21H25N2.C13H12.C8H10.C6H5.CH4.BrH.ClH.Mg/c2*1-14-9-16(3)20(17(4)10-14)22-7-8-23(13-22)21-18(5)11-15(2)12-19(21)6;1-11-7-9-13(10-8-11)12-5-3-2-4-6-12;1-7-3-5-8(2)6-4-7;1-2-4-6-5-3-1;;;;/h7-12H,13H2,1-6H3;7-13H,1-6H3;2-10H,1H3;3-6H,1-2H3;1-5H;1H4;2*1H;/q;+1;;;-1;;;;+2/p-2. The first kappa shape index (κ1) is 67.0. The van der Waals surface area contributed by atoms with Gasteiger partial charge in [0.05, 0.1) is 6.67 Å². The van der Waals surface area contributed by atoms with E-state index in [0.717, 1.165) is 6.67 Å². The van der Waals surface area contributed by atoms with Crippen LogP contribution >= 0.6 is 0 Å². The number of aryl methyl sites for hydroxylation is 15. The normalized spacial score (nSPS) is 10.7. The van der Waals surface area contributed by atoms with Crippen LogP contribution in [0.4, 0.5) is 11.4 Å². The molecule has 0 saturated carbocycles. The molecular weight excluding hydrogens is 1040 g/mol. The smallest absolute Gasteiger partial charge is 1.00 e. The first-order valence-electron chi connectivity index (χ1n) is 25.6. The maximum atomic E-state index is 2.89. The molecule has 0 amide bonds. The molecule has 0 fully saturated rings. The zero-order valence-electron chi connectivity index (χ0n) is 47.9. The third-order valence-electron chi connectivity index (χ3n) is 13.0. The number of hydrogen-bond donors (Lipinski definition) is 0. The van der Waals surface area contributed by atoms with Crippen molar-refractivity contribution < 1.29 is 34.0 Å². The van der Waals surface area contributed by atoms with Gasteiger partial charge in [0.25, 0.3) is 6.33 Å². The summed E-state index contributed by atoms with van der Waals surface area (Å²) in [7, 11) is 0. The summed E-state index contributed by atoms with van der Waals surface area (Å²) in [4.78, 5) is 4.70. The summed E-state index contributed by atoms with van der Waals surface area (Å²) in [6.45, 7) is 33.3. The summed E-state index contributed by atoms with van der Waals surface area (Å²) >= 11 is 0. The molecule has 0 radical (unpaired) electrons. The van der Waals surface area contributed by atoms with E-state index in [4.69, 9.17) is 0 Å². The van der Waals surface area contributed by atoms with E-state index in [1.165, 1.54) is 117 Å². The molecule has 0 spiro atoms. The van der Waals surface area contributed by atoms with E-state index < -0.39 is 0 Å². The number of hydrogen-bond acceptors (Lipinski definition) is 2. The summed E-state index contributed by atoms with van der Waals surface area (Å²) < 4.78 is 4.45. The summed E-state index contributed by atoms with van der Waals surface area (Å²) in [5.74, 6) is 0. The minimum atomic E-state index is 0. The number of rotatable bonds is 5. The van der Waals surface area contributed by atoms with Gasteiger partial charge in [-0.25, -0.2) is 9.13 Å². The summed E-state index contributed by atoms with van der Waals surface area (Å²) in [5.41, 5.74) is 27.6. The number of anilines is 2. The van der Waals surface area contributed by atoms with Crippen molar-refractivity contribution in [2.24, 2.45) is 0 Å². The van der Waals surface area contributed by atoms with E-state index >= 15 is 0 Å². The van der Waals surface area contributed by atoms with Crippen LogP contribution in [0, 0.1) is 110 Å². The Morgan fingerprint density at radius 3 is 1.06 bits per heavy atom. The van der Waals surface area contributed by atoms with Gasteiger partial charge in [0.2, 0.25) is 0 Å². The topological polar surface area (TPSA) is 15.3 Å². The van der Waals surface area contributed by atoms with Crippen molar-refractivity contribution in [1.29, 1.82) is 0 Å². The summed E-state index contributed by atoms with van der Waals surface area (Å²) in [5, 5.41) is 0. The quantitative estimate of drug-likeness (QED) is 0.0969. The average molecular weight is 1120 g/mol. The predicted octanol–water partition coefficient (Wildman–Crippen LogP) is 11.6. The van der Waals surface area contributed by atoms with E-state index in [-0.39, 0.29) is 59.9 Å². The first-order chi connectivity index (χ1) is 34.9.